The molecule has 0 N–H and O–H groups in total. The zero-order valence-corrected chi connectivity index (χ0v) is 9.33. The number of aryl methyl sites for hydroxylation is 2. The van der Waals surface area contributed by atoms with Crippen molar-refractivity contribution in [2.45, 2.75) is 13.8 Å². The molecule has 0 saturated heterocycles. The molecular weight excluding hydrogens is 224 g/mol. The third-order valence-corrected chi connectivity index (χ3v) is 2.39. The van der Waals surface area contributed by atoms with Gasteiger partial charge in [0.2, 0.25) is 0 Å². The molecule has 0 saturated carbocycles. The van der Waals surface area contributed by atoms with Crippen molar-refractivity contribution in [1.29, 1.82) is 5.26 Å². The van der Waals surface area contributed by atoms with Gasteiger partial charge in [-0.2, -0.15) is 10.4 Å². The molecule has 17 heavy (non-hydrogen) atoms. The second kappa shape index (κ2) is 3.98. The molecule has 3 nitrogen and oxygen atoms in total. The standard InChI is InChI=1S/C12H9F2N3/c1-7-3-8(2)17(16-7)12-5-10(13)9(6-15)4-11(12)14/h3-5H,1-2H3. The van der Waals surface area contributed by atoms with Gasteiger partial charge >= 0.3 is 0 Å². The van der Waals surface area contributed by atoms with E-state index in [-0.39, 0.29) is 11.3 Å². The quantitative estimate of drug-likeness (QED) is 0.759. The lowest BCUT2D eigenvalue weighted by molar-refractivity contribution is 0.582. The number of aromatic nitrogens is 2. The van der Waals surface area contributed by atoms with Gasteiger partial charge in [0.1, 0.15) is 23.4 Å². The fourth-order valence-corrected chi connectivity index (χ4v) is 1.66. The van der Waals surface area contributed by atoms with Gasteiger partial charge in [-0.25, -0.2) is 13.5 Å². The monoisotopic (exact) mass is 233 g/mol. The molecule has 0 aliphatic heterocycles. The van der Waals surface area contributed by atoms with Crippen LogP contribution in [0.25, 0.3) is 5.69 Å². The van der Waals surface area contributed by atoms with Crippen LogP contribution in [0.15, 0.2) is 18.2 Å². The maximum Gasteiger partial charge on any atom is 0.150 e. The SMILES string of the molecule is Cc1cc(C)n(-c2cc(F)c(C#N)cc2F)n1. The molecule has 0 fully saturated rings. The highest BCUT2D eigenvalue weighted by molar-refractivity contribution is 5.42. The molecule has 5 heteroatoms. The van der Waals surface area contributed by atoms with Crippen LogP contribution in [0.1, 0.15) is 17.0 Å². The van der Waals surface area contributed by atoms with Gasteiger partial charge in [0.05, 0.1) is 11.3 Å². The maximum absolute atomic E-state index is 13.7. The van der Waals surface area contributed by atoms with E-state index in [2.05, 4.69) is 5.10 Å². The molecule has 0 aliphatic rings. The van der Waals surface area contributed by atoms with Crippen LogP contribution in [0.2, 0.25) is 0 Å². The number of benzene rings is 1. The van der Waals surface area contributed by atoms with E-state index in [4.69, 9.17) is 5.26 Å². The number of rotatable bonds is 1. The lowest BCUT2D eigenvalue weighted by Crippen LogP contribution is -2.04. The summed E-state index contributed by atoms with van der Waals surface area (Å²) in [7, 11) is 0. The van der Waals surface area contributed by atoms with Gasteiger partial charge in [-0.15, -0.1) is 0 Å². The first-order valence-electron chi connectivity index (χ1n) is 4.95. The van der Waals surface area contributed by atoms with Crippen LogP contribution in [0, 0.1) is 36.8 Å². The van der Waals surface area contributed by atoms with Crippen LogP contribution in [0.4, 0.5) is 8.78 Å². The number of halogens is 2. The van der Waals surface area contributed by atoms with Gasteiger partial charge in [0.25, 0.3) is 0 Å². The van der Waals surface area contributed by atoms with Crippen LogP contribution in [0.5, 0.6) is 0 Å². The van der Waals surface area contributed by atoms with Gasteiger partial charge in [-0.05, 0) is 26.0 Å². The number of hydrogen-bond donors (Lipinski definition) is 0. The predicted octanol–water partition coefficient (Wildman–Crippen LogP) is 2.64. The van der Waals surface area contributed by atoms with Crippen LogP contribution in [-0.4, -0.2) is 9.78 Å². The predicted molar refractivity (Wildman–Crippen MR) is 57.7 cm³/mol. The zero-order chi connectivity index (χ0) is 12.6. The normalized spacial score (nSPS) is 10.3. The van der Waals surface area contributed by atoms with Crippen LogP contribution in [0.3, 0.4) is 0 Å². The van der Waals surface area contributed by atoms with Crippen molar-refractivity contribution in [3.8, 4) is 11.8 Å². The van der Waals surface area contributed by atoms with Gasteiger partial charge in [-0.3, -0.25) is 0 Å². The second-order valence-electron chi connectivity index (χ2n) is 3.73. The van der Waals surface area contributed by atoms with Crippen molar-refractivity contribution in [3.63, 3.8) is 0 Å². The topological polar surface area (TPSA) is 41.6 Å². The molecule has 2 rings (SSSR count). The molecule has 0 bridgehead atoms. The molecule has 0 atom stereocenters. The van der Waals surface area contributed by atoms with E-state index < -0.39 is 11.6 Å². The minimum Gasteiger partial charge on any atom is -0.235 e. The minimum absolute atomic E-state index is 0.00657. The van der Waals surface area contributed by atoms with E-state index in [0.29, 0.717) is 11.4 Å². The Hall–Kier alpha value is -2.22. The summed E-state index contributed by atoms with van der Waals surface area (Å²) in [5.74, 6) is -1.43. The third kappa shape index (κ3) is 1.89. The molecule has 0 unspecified atom stereocenters. The van der Waals surface area contributed by atoms with Crippen LogP contribution >= 0.6 is 0 Å². The summed E-state index contributed by atoms with van der Waals surface area (Å²) in [6, 6.07) is 5.20. The average Bonchev–Trinajstić information content (AvgIpc) is 2.60. The third-order valence-electron chi connectivity index (χ3n) is 2.39. The fraction of sp³-hybridized carbons (Fsp3) is 0.167. The first-order valence-corrected chi connectivity index (χ1v) is 4.95. The van der Waals surface area contributed by atoms with Crippen molar-refractivity contribution in [3.05, 3.63) is 46.8 Å². The molecule has 1 heterocycles. The number of nitrogens with zero attached hydrogens (tertiary/aromatic N) is 3. The molecular formula is C12H9F2N3. The van der Waals surface area contributed by atoms with Crippen molar-refractivity contribution in [2.75, 3.05) is 0 Å². The van der Waals surface area contributed by atoms with Crippen molar-refractivity contribution in [2.24, 2.45) is 0 Å². The summed E-state index contributed by atoms with van der Waals surface area (Å²) in [5.41, 5.74) is 1.11. The molecule has 0 amide bonds. The summed E-state index contributed by atoms with van der Waals surface area (Å²) in [4.78, 5) is 0. The Morgan fingerprint density at radius 3 is 2.41 bits per heavy atom. The second-order valence-corrected chi connectivity index (χ2v) is 3.73. The van der Waals surface area contributed by atoms with E-state index in [1.165, 1.54) is 4.68 Å². The fourth-order valence-electron chi connectivity index (χ4n) is 1.66. The summed E-state index contributed by atoms with van der Waals surface area (Å²) in [6.45, 7) is 3.51. The van der Waals surface area contributed by atoms with E-state index in [1.807, 2.05) is 0 Å². The van der Waals surface area contributed by atoms with Crippen molar-refractivity contribution < 1.29 is 8.78 Å². The lowest BCUT2D eigenvalue weighted by atomic mass is 10.2. The highest BCUT2D eigenvalue weighted by atomic mass is 19.1. The maximum atomic E-state index is 13.7. The van der Waals surface area contributed by atoms with E-state index in [0.717, 1.165) is 12.1 Å². The highest BCUT2D eigenvalue weighted by Crippen LogP contribution is 2.19. The van der Waals surface area contributed by atoms with Gasteiger partial charge in [-0.1, -0.05) is 0 Å². The van der Waals surface area contributed by atoms with Crippen molar-refractivity contribution in [1.82, 2.24) is 9.78 Å². The number of hydrogen-bond acceptors (Lipinski definition) is 2. The minimum atomic E-state index is -0.753. The summed E-state index contributed by atoms with van der Waals surface area (Å²) in [5, 5.41) is 12.6. The zero-order valence-electron chi connectivity index (χ0n) is 9.33. The Balaban J connectivity index is 2.65. The number of nitriles is 1. The molecule has 0 aliphatic carbocycles. The Kier molecular flexibility index (Phi) is 2.64. The smallest absolute Gasteiger partial charge is 0.150 e. The highest BCUT2D eigenvalue weighted by Gasteiger charge is 2.13. The van der Waals surface area contributed by atoms with Gasteiger partial charge < -0.3 is 0 Å². The Morgan fingerprint density at radius 1 is 1.18 bits per heavy atom. The summed E-state index contributed by atoms with van der Waals surface area (Å²) >= 11 is 0. The Morgan fingerprint density at radius 2 is 1.88 bits per heavy atom. The van der Waals surface area contributed by atoms with Gasteiger partial charge in [0.15, 0.2) is 0 Å². The van der Waals surface area contributed by atoms with E-state index in [1.54, 1.807) is 26.0 Å². The molecule has 0 spiro atoms. The van der Waals surface area contributed by atoms with Gasteiger partial charge in [0, 0.05) is 11.8 Å². The first kappa shape index (κ1) is 11.3. The largest absolute Gasteiger partial charge is 0.235 e. The molecule has 2 aromatic rings. The van der Waals surface area contributed by atoms with E-state index in [9.17, 15) is 8.78 Å². The summed E-state index contributed by atoms with van der Waals surface area (Å²) in [6.07, 6.45) is 0. The molecule has 1 aromatic heterocycles. The first-order chi connectivity index (χ1) is 8.02. The Labute approximate surface area is 96.9 Å². The van der Waals surface area contributed by atoms with Crippen LogP contribution in [-0.2, 0) is 0 Å². The molecule has 1 aromatic carbocycles. The Bertz CT molecular complexity index is 623. The molecule has 86 valence electrons. The van der Waals surface area contributed by atoms with Crippen LogP contribution < -0.4 is 0 Å². The van der Waals surface area contributed by atoms with E-state index >= 15 is 0 Å². The van der Waals surface area contributed by atoms with Crippen molar-refractivity contribution >= 4 is 0 Å². The average molecular weight is 233 g/mol. The summed E-state index contributed by atoms with van der Waals surface area (Å²) < 4.78 is 28.5. The molecule has 0 radical (unpaired) electrons. The lowest BCUT2D eigenvalue weighted by Gasteiger charge is -2.06.